The molecule has 0 bridgehead atoms. The number of benzene rings is 1. The van der Waals surface area contributed by atoms with Gasteiger partial charge in [0.1, 0.15) is 11.5 Å². The number of nitrogens with zero attached hydrogens (tertiary/aromatic N) is 2. The highest BCUT2D eigenvalue weighted by atomic mass is 16.5. The van der Waals surface area contributed by atoms with Crippen LogP contribution < -0.4 is 14.8 Å². The molecule has 26 heavy (non-hydrogen) atoms. The maximum atomic E-state index is 12.1. The second-order valence-electron chi connectivity index (χ2n) is 6.43. The molecule has 0 radical (unpaired) electrons. The summed E-state index contributed by atoms with van der Waals surface area (Å²) in [5.74, 6) is 1.98. The number of unbranched alkanes of at least 4 members (excludes halogenated alkanes) is 1. The van der Waals surface area contributed by atoms with Crippen molar-refractivity contribution in [1.82, 2.24) is 9.88 Å². The normalized spacial score (nSPS) is 13.8. The number of nitrogens with one attached hydrogen (secondary N) is 1. The molecule has 1 aromatic heterocycles. The molecule has 138 valence electrons. The SMILES string of the molecule is CCCCOc1cccc(OCC2CN(C(=O)Nc3cccnc3)C2)c1. The molecule has 1 N–H and O–H groups in total. The number of likely N-dealkylation sites (tertiary alicyclic amines) is 1. The van der Waals surface area contributed by atoms with Crippen LogP contribution in [0.2, 0.25) is 0 Å². The minimum atomic E-state index is -0.0967. The zero-order chi connectivity index (χ0) is 18.2. The molecule has 2 heterocycles. The van der Waals surface area contributed by atoms with Gasteiger partial charge in [-0.3, -0.25) is 4.98 Å². The molecule has 6 nitrogen and oxygen atoms in total. The van der Waals surface area contributed by atoms with E-state index in [2.05, 4.69) is 17.2 Å². The van der Waals surface area contributed by atoms with Crippen LogP contribution >= 0.6 is 0 Å². The van der Waals surface area contributed by atoms with Gasteiger partial charge in [0.25, 0.3) is 0 Å². The maximum Gasteiger partial charge on any atom is 0.321 e. The van der Waals surface area contributed by atoms with E-state index in [0.29, 0.717) is 31.3 Å². The van der Waals surface area contributed by atoms with Crippen molar-refractivity contribution in [3.05, 3.63) is 48.8 Å². The quantitative estimate of drug-likeness (QED) is 0.732. The number of carbonyl (C=O) groups is 1. The Kier molecular flexibility index (Phi) is 6.30. The van der Waals surface area contributed by atoms with Gasteiger partial charge in [-0.25, -0.2) is 4.79 Å². The molecule has 1 aromatic carbocycles. The van der Waals surface area contributed by atoms with E-state index in [1.165, 1.54) is 0 Å². The molecule has 0 aliphatic carbocycles. The Morgan fingerprint density at radius 3 is 2.77 bits per heavy atom. The summed E-state index contributed by atoms with van der Waals surface area (Å²) in [5, 5.41) is 2.84. The Labute approximate surface area is 154 Å². The first kappa shape index (κ1) is 18.0. The van der Waals surface area contributed by atoms with Crippen molar-refractivity contribution in [3.63, 3.8) is 0 Å². The molecular formula is C20H25N3O3. The summed E-state index contributed by atoms with van der Waals surface area (Å²) in [7, 11) is 0. The monoisotopic (exact) mass is 355 g/mol. The first-order chi connectivity index (χ1) is 12.7. The second-order valence-corrected chi connectivity index (χ2v) is 6.43. The summed E-state index contributed by atoms with van der Waals surface area (Å²) in [5.41, 5.74) is 0.706. The summed E-state index contributed by atoms with van der Waals surface area (Å²) in [6.45, 7) is 4.85. The first-order valence-electron chi connectivity index (χ1n) is 9.06. The molecule has 0 saturated carbocycles. The van der Waals surface area contributed by atoms with E-state index in [9.17, 15) is 4.79 Å². The summed E-state index contributed by atoms with van der Waals surface area (Å²) >= 11 is 0. The lowest BCUT2D eigenvalue weighted by Gasteiger charge is -2.38. The Morgan fingerprint density at radius 2 is 2.04 bits per heavy atom. The lowest BCUT2D eigenvalue weighted by Crippen LogP contribution is -2.53. The van der Waals surface area contributed by atoms with E-state index in [1.54, 1.807) is 23.4 Å². The average Bonchev–Trinajstić information content (AvgIpc) is 2.62. The number of ether oxygens (including phenoxy) is 2. The number of rotatable bonds is 8. The molecule has 1 aliphatic rings. The van der Waals surface area contributed by atoms with Crippen LogP contribution in [0.15, 0.2) is 48.8 Å². The number of hydrogen-bond donors (Lipinski definition) is 1. The zero-order valence-electron chi connectivity index (χ0n) is 15.1. The Morgan fingerprint density at radius 1 is 1.23 bits per heavy atom. The van der Waals surface area contributed by atoms with Crippen molar-refractivity contribution in [2.75, 3.05) is 31.6 Å². The van der Waals surface area contributed by atoms with E-state index >= 15 is 0 Å². The molecule has 0 spiro atoms. The highest BCUT2D eigenvalue weighted by Crippen LogP contribution is 2.23. The van der Waals surface area contributed by atoms with Gasteiger partial charge < -0.3 is 19.7 Å². The first-order valence-corrected chi connectivity index (χ1v) is 9.06. The molecule has 3 rings (SSSR count). The molecule has 0 atom stereocenters. The van der Waals surface area contributed by atoms with E-state index in [0.717, 1.165) is 30.9 Å². The largest absolute Gasteiger partial charge is 0.493 e. The van der Waals surface area contributed by atoms with Gasteiger partial charge in [0, 0.05) is 31.3 Å². The van der Waals surface area contributed by atoms with Crippen molar-refractivity contribution in [3.8, 4) is 11.5 Å². The van der Waals surface area contributed by atoms with Crippen molar-refractivity contribution < 1.29 is 14.3 Å². The fourth-order valence-electron chi connectivity index (χ4n) is 2.68. The van der Waals surface area contributed by atoms with Crippen LogP contribution in [-0.2, 0) is 0 Å². The van der Waals surface area contributed by atoms with Crippen LogP contribution in [0.25, 0.3) is 0 Å². The lowest BCUT2D eigenvalue weighted by atomic mass is 10.0. The van der Waals surface area contributed by atoms with Crippen LogP contribution in [0.5, 0.6) is 11.5 Å². The van der Waals surface area contributed by atoms with Crippen LogP contribution in [-0.4, -0.2) is 42.2 Å². The third-order valence-corrected chi connectivity index (χ3v) is 4.22. The standard InChI is InChI=1S/C20H25N3O3/c1-2-3-10-25-18-7-4-8-19(11-18)26-15-16-13-23(14-16)20(24)22-17-6-5-9-21-12-17/h4-9,11-12,16H,2-3,10,13-15H2,1H3,(H,22,24). The van der Waals surface area contributed by atoms with Gasteiger partial charge in [-0.05, 0) is 30.7 Å². The van der Waals surface area contributed by atoms with Gasteiger partial charge in [-0.2, -0.15) is 0 Å². The number of anilines is 1. The van der Waals surface area contributed by atoms with E-state index < -0.39 is 0 Å². The Hall–Kier alpha value is -2.76. The van der Waals surface area contributed by atoms with Crippen molar-refractivity contribution in [2.24, 2.45) is 5.92 Å². The molecular weight excluding hydrogens is 330 g/mol. The van der Waals surface area contributed by atoms with Gasteiger partial charge in [0.15, 0.2) is 0 Å². The van der Waals surface area contributed by atoms with Crippen molar-refractivity contribution in [1.29, 1.82) is 0 Å². The fourth-order valence-corrected chi connectivity index (χ4v) is 2.68. The van der Waals surface area contributed by atoms with E-state index in [-0.39, 0.29) is 6.03 Å². The smallest absolute Gasteiger partial charge is 0.321 e. The number of aromatic nitrogens is 1. The molecule has 1 fully saturated rings. The average molecular weight is 355 g/mol. The molecule has 1 aliphatic heterocycles. The highest BCUT2D eigenvalue weighted by molar-refractivity contribution is 5.89. The van der Waals surface area contributed by atoms with Gasteiger partial charge in [0.05, 0.1) is 25.1 Å². The maximum absolute atomic E-state index is 12.1. The number of hydrogen-bond acceptors (Lipinski definition) is 4. The number of carbonyl (C=O) groups excluding carboxylic acids is 1. The second kappa shape index (κ2) is 9.08. The Balaban J connectivity index is 1.38. The third kappa shape index (κ3) is 5.12. The van der Waals surface area contributed by atoms with E-state index in [4.69, 9.17) is 9.47 Å². The molecule has 0 unspecified atom stereocenters. The number of amides is 2. The zero-order valence-corrected chi connectivity index (χ0v) is 15.1. The van der Waals surface area contributed by atoms with Crippen LogP contribution in [0.4, 0.5) is 10.5 Å². The van der Waals surface area contributed by atoms with E-state index in [1.807, 2.05) is 30.3 Å². The molecule has 2 aromatic rings. The van der Waals surface area contributed by atoms with Crippen molar-refractivity contribution in [2.45, 2.75) is 19.8 Å². The Bertz CT molecular complexity index is 702. The topological polar surface area (TPSA) is 63.7 Å². The lowest BCUT2D eigenvalue weighted by molar-refractivity contribution is 0.0923. The van der Waals surface area contributed by atoms with Gasteiger partial charge >= 0.3 is 6.03 Å². The van der Waals surface area contributed by atoms with Gasteiger partial charge in [-0.1, -0.05) is 19.4 Å². The fraction of sp³-hybridized carbons (Fsp3) is 0.400. The van der Waals surface area contributed by atoms with Gasteiger partial charge in [0.2, 0.25) is 0 Å². The summed E-state index contributed by atoms with van der Waals surface area (Å²) in [4.78, 5) is 17.9. The summed E-state index contributed by atoms with van der Waals surface area (Å²) < 4.78 is 11.5. The number of urea groups is 1. The molecule has 6 heteroatoms. The minimum Gasteiger partial charge on any atom is -0.493 e. The predicted octanol–water partition coefficient (Wildman–Crippen LogP) is 3.80. The summed E-state index contributed by atoms with van der Waals surface area (Å²) in [6, 6.07) is 11.2. The van der Waals surface area contributed by atoms with Crippen LogP contribution in [0.1, 0.15) is 19.8 Å². The number of pyridine rings is 1. The molecule has 2 amide bonds. The summed E-state index contributed by atoms with van der Waals surface area (Å²) in [6.07, 6.45) is 5.47. The molecule has 1 saturated heterocycles. The highest BCUT2D eigenvalue weighted by Gasteiger charge is 2.31. The van der Waals surface area contributed by atoms with Crippen LogP contribution in [0.3, 0.4) is 0 Å². The predicted molar refractivity (Wildman–Crippen MR) is 101 cm³/mol. The van der Waals surface area contributed by atoms with Crippen LogP contribution in [0, 0.1) is 5.92 Å². The third-order valence-electron chi connectivity index (χ3n) is 4.22. The minimum absolute atomic E-state index is 0.0967. The van der Waals surface area contributed by atoms with Gasteiger partial charge in [-0.15, -0.1) is 0 Å². The van der Waals surface area contributed by atoms with Crippen molar-refractivity contribution >= 4 is 11.7 Å².